The molecule has 0 atom stereocenters. The summed E-state index contributed by atoms with van der Waals surface area (Å²) in [7, 11) is 0. The van der Waals surface area contributed by atoms with Crippen molar-refractivity contribution in [2.24, 2.45) is 16.6 Å². The van der Waals surface area contributed by atoms with Crippen LogP contribution >= 0.6 is 0 Å². The molecule has 0 radical (unpaired) electrons. The molecule has 2 aromatic carbocycles. The van der Waals surface area contributed by atoms with Crippen molar-refractivity contribution in [2.45, 2.75) is 27.2 Å². The number of carbonyl (C=O) groups excluding carboxylic acids is 1. The van der Waals surface area contributed by atoms with Gasteiger partial charge in [-0.1, -0.05) is 74.5 Å². The average molecular weight is 320 g/mol. The van der Waals surface area contributed by atoms with Crippen molar-refractivity contribution in [2.75, 3.05) is 0 Å². The number of nitrogens with zero attached hydrogens (tertiary/aromatic N) is 1. The fraction of sp³-hybridized carbons (Fsp3) is 0.238. The van der Waals surface area contributed by atoms with E-state index in [2.05, 4.69) is 61.5 Å². The number of nitrogens with two attached hydrogens (primary N) is 1. The van der Waals surface area contributed by atoms with Gasteiger partial charge in [0, 0.05) is 23.6 Å². The predicted octanol–water partition coefficient (Wildman–Crippen LogP) is 4.55. The summed E-state index contributed by atoms with van der Waals surface area (Å²) in [5.74, 6) is -0.250. The van der Waals surface area contributed by atoms with Crippen molar-refractivity contribution in [3.05, 3.63) is 71.8 Å². The first-order chi connectivity index (χ1) is 11.5. The van der Waals surface area contributed by atoms with Crippen molar-refractivity contribution in [1.82, 2.24) is 0 Å². The molecule has 2 N–H and O–H groups in total. The molecule has 3 heteroatoms. The molecule has 0 aromatic heterocycles. The van der Waals surface area contributed by atoms with Gasteiger partial charge in [-0.15, -0.1) is 0 Å². The minimum absolute atomic E-state index is 0.00926. The topological polar surface area (TPSA) is 55.5 Å². The van der Waals surface area contributed by atoms with Gasteiger partial charge in [-0.3, -0.25) is 9.79 Å². The zero-order valence-electron chi connectivity index (χ0n) is 14.5. The number of primary amides is 1. The van der Waals surface area contributed by atoms with Crippen LogP contribution in [0.3, 0.4) is 0 Å². The Morgan fingerprint density at radius 1 is 0.958 bits per heavy atom. The Labute approximate surface area is 143 Å². The van der Waals surface area contributed by atoms with E-state index in [-0.39, 0.29) is 11.8 Å². The molecule has 0 saturated carbocycles. The van der Waals surface area contributed by atoms with E-state index in [4.69, 9.17) is 10.7 Å². The first-order valence-electron chi connectivity index (χ1n) is 8.16. The quantitative estimate of drug-likeness (QED) is 0.886. The Balaban J connectivity index is 0.000000301. The predicted molar refractivity (Wildman–Crippen MR) is 101 cm³/mol. The number of carbonyl (C=O) groups is 1. The maximum Gasteiger partial charge on any atom is 0.219 e. The van der Waals surface area contributed by atoms with Crippen LogP contribution in [0.2, 0.25) is 0 Å². The third-order valence-electron chi connectivity index (χ3n) is 3.76. The van der Waals surface area contributed by atoms with E-state index in [1.165, 1.54) is 22.4 Å². The fourth-order valence-corrected chi connectivity index (χ4v) is 2.35. The Bertz CT molecular complexity index is 744. The molecule has 0 fully saturated rings. The summed E-state index contributed by atoms with van der Waals surface area (Å²) in [6.07, 6.45) is 0.953. The van der Waals surface area contributed by atoms with E-state index in [1.54, 1.807) is 13.8 Å². The monoisotopic (exact) mass is 320 g/mol. The van der Waals surface area contributed by atoms with Crippen LogP contribution in [-0.2, 0) is 4.79 Å². The number of aliphatic imine (C=N–C) groups is 1. The standard InChI is InChI=1S/C17H15N.C4H9NO/c1-13-12-16(14-8-4-2-5-9-14)17(18-13)15-10-6-3-7-11-15;1-3(2)4(5)6/h2-11H,12H2,1H3;3H,1-2H3,(H2,5,6). The maximum atomic E-state index is 9.92. The summed E-state index contributed by atoms with van der Waals surface area (Å²) >= 11 is 0. The van der Waals surface area contributed by atoms with Gasteiger partial charge in [0.2, 0.25) is 5.91 Å². The highest BCUT2D eigenvalue weighted by molar-refractivity contribution is 6.09. The van der Waals surface area contributed by atoms with E-state index in [0.29, 0.717) is 0 Å². The molecule has 1 amide bonds. The summed E-state index contributed by atoms with van der Waals surface area (Å²) in [5, 5.41) is 0. The zero-order valence-corrected chi connectivity index (χ0v) is 14.5. The SMILES string of the molecule is CC(C)C(N)=O.CC1=NC(c2ccccc2)=C(c2ccccc2)C1. The molecule has 3 nitrogen and oxygen atoms in total. The van der Waals surface area contributed by atoms with Gasteiger partial charge in [-0.05, 0) is 18.1 Å². The summed E-state index contributed by atoms with van der Waals surface area (Å²) in [6, 6.07) is 21.0. The lowest BCUT2D eigenvalue weighted by molar-refractivity contribution is -0.120. The van der Waals surface area contributed by atoms with E-state index in [0.717, 1.165) is 12.1 Å². The van der Waals surface area contributed by atoms with Crippen LogP contribution < -0.4 is 5.73 Å². The second-order valence-corrected chi connectivity index (χ2v) is 6.14. The van der Waals surface area contributed by atoms with E-state index >= 15 is 0 Å². The van der Waals surface area contributed by atoms with Gasteiger partial charge < -0.3 is 5.73 Å². The van der Waals surface area contributed by atoms with E-state index < -0.39 is 0 Å². The first kappa shape index (κ1) is 17.7. The highest BCUT2D eigenvalue weighted by atomic mass is 16.1. The van der Waals surface area contributed by atoms with Crippen molar-refractivity contribution in [3.8, 4) is 0 Å². The second kappa shape index (κ2) is 8.25. The lowest BCUT2D eigenvalue weighted by Crippen LogP contribution is -2.17. The van der Waals surface area contributed by atoms with Crippen molar-refractivity contribution < 1.29 is 4.79 Å². The zero-order chi connectivity index (χ0) is 17.5. The Morgan fingerprint density at radius 2 is 1.42 bits per heavy atom. The van der Waals surface area contributed by atoms with Gasteiger partial charge >= 0.3 is 0 Å². The summed E-state index contributed by atoms with van der Waals surface area (Å²) in [4.78, 5) is 14.6. The van der Waals surface area contributed by atoms with Gasteiger partial charge in [0.15, 0.2) is 0 Å². The van der Waals surface area contributed by atoms with Gasteiger partial charge in [0.25, 0.3) is 0 Å². The third-order valence-corrected chi connectivity index (χ3v) is 3.76. The molecule has 2 aromatic rings. The number of hydrogen-bond acceptors (Lipinski definition) is 2. The normalized spacial score (nSPS) is 13.4. The minimum atomic E-state index is -0.241. The highest BCUT2D eigenvalue weighted by Crippen LogP contribution is 2.35. The minimum Gasteiger partial charge on any atom is -0.369 e. The number of allylic oxidation sites excluding steroid dienone is 1. The molecule has 3 rings (SSSR count). The molecular weight excluding hydrogens is 296 g/mol. The number of benzene rings is 2. The molecule has 0 bridgehead atoms. The number of amides is 1. The molecule has 1 aliphatic rings. The summed E-state index contributed by atoms with van der Waals surface area (Å²) in [5.41, 5.74) is 10.9. The van der Waals surface area contributed by atoms with Crippen LogP contribution in [0.15, 0.2) is 65.7 Å². The smallest absolute Gasteiger partial charge is 0.219 e. The molecule has 1 heterocycles. The second-order valence-electron chi connectivity index (χ2n) is 6.14. The molecule has 0 unspecified atom stereocenters. The molecule has 0 aliphatic carbocycles. The average Bonchev–Trinajstić information content (AvgIpc) is 2.99. The van der Waals surface area contributed by atoms with Gasteiger partial charge in [0.1, 0.15) is 0 Å². The van der Waals surface area contributed by atoms with Crippen LogP contribution in [0.1, 0.15) is 38.3 Å². The fourth-order valence-electron chi connectivity index (χ4n) is 2.35. The van der Waals surface area contributed by atoms with Crippen LogP contribution in [0.5, 0.6) is 0 Å². The Morgan fingerprint density at radius 3 is 1.88 bits per heavy atom. The number of rotatable bonds is 3. The Hall–Kier alpha value is -2.68. The third kappa shape index (κ3) is 4.66. The van der Waals surface area contributed by atoms with E-state index in [1.807, 2.05) is 6.07 Å². The van der Waals surface area contributed by atoms with Crippen molar-refractivity contribution in [3.63, 3.8) is 0 Å². The molecule has 0 spiro atoms. The van der Waals surface area contributed by atoms with Crippen LogP contribution in [-0.4, -0.2) is 11.6 Å². The molecule has 124 valence electrons. The van der Waals surface area contributed by atoms with Gasteiger partial charge in [-0.2, -0.15) is 0 Å². The van der Waals surface area contributed by atoms with Crippen LogP contribution in [0.25, 0.3) is 11.3 Å². The largest absolute Gasteiger partial charge is 0.369 e. The lowest BCUT2D eigenvalue weighted by Gasteiger charge is -2.06. The lowest BCUT2D eigenvalue weighted by atomic mass is 9.98. The van der Waals surface area contributed by atoms with Crippen LogP contribution in [0.4, 0.5) is 0 Å². The van der Waals surface area contributed by atoms with Gasteiger partial charge in [0.05, 0.1) is 5.70 Å². The number of hydrogen-bond donors (Lipinski definition) is 1. The molecule has 24 heavy (non-hydrogen) atoms. The van der Waals surface area contributed by atoms with Crippen molar-refractivity contribution in [1.29, 1.82) is 0 Å². The molecule has 0 saturated heterocycles. The van der Waals surface area contributed by atoms with Crippen LogP contribution in [0, 0.1) is 5.92 Å². The summed E-state index contributed by atoms with van der Waals surface area (Å²) < 4.78 is 0. The first-order valence-corrected chi connectivity index (χ1v) is 8.16. The Kier molecular flexibility index (Phi) is 6.07. The maximum absolute atomic E-state index is 9.92. The molecule has 1 aliphatic heterocycles. The van der Waals surface area contributed by atoms with E-state index in [9.17, 15) is 4.79 Å². The summed E-state index contributed by atoms with van der Waals surface area (Å²) in [6.45, 7) is 5.63. The highest BCUT2D eigenvalue weighted by Gasteiger charge is 2.17. The van der Waals surface area contributed by atoms with Crippen molar-refractivity contribution >= 4 is 22.9 Å². The van der Waals surface area contributed by atoms with Gasteiger partial charge in [-0.25, -0.2) is 0 Å². The molecular formula is C21H24N2O.